The quantitative estimate of drug-likeness (QED) is 0.710. The number of hydrogen-bond acceptors (Lipinski definition) is 1. The average molecular weight is 343 g/mol. The highest BCUT2D eigenvalue weighted by Crippen LogP contribution is 2.25. The van der Waals surface area contributed by atoms with E-state index < -0.39 is 0 Å². The van der Waals surface area contributed by atoms with Crippen molar-refractivity contribution in [3.05, 3.63) is 63.9 Å². The molecule has 2 aromatic rings. The zero-order valence-corrected chi connectivity index (χ0v) is 12.9. The van der Waals surface area contributed by atoms with Gasteiger partial charge in [0.1, 0.15) is 5.82 Å². The molecule has 0 radical (unpaired) electrons. The highest BCUT2D eigenvalue weighted by Gasteiger charge is 2.11. The van der Waals surface area contributed by atoms with Crippen molar-refractivity contribution in [1.29, 1.82) is 0 Å². The summed E-state index contributed by atoms with van der Waals surface area (Å²) in [5, 5.41) is 0. The van der Waals surface area contributed by atoms with Crippen LogP contribution in [0.15, 0.2) is 46.9 Å². The van der Waals surface area contributed by atoms with Crippen molar-refractivity contribution in [2.75, 3.05) is 11.9 Å². The molecule has 0 unspecified atom stereocenters. The van der Waals surface area contributed by atoms with Crippen molar-refractivity contribution in [3.63, 3.8) is 0 Å². The Morgan fingerprint density at radius 2 is 1.84 bits per heavy atom. The van der Waals surface area contributed by atoms with Gasteiger partial charge >= 0.3 is 0 Å². The van der Waals surface area contributed by atoms with Gasteiger partial charge in [-0.25, -0.2) is 4.39 Å². The molecule has 0 saturated carbocycles. The van der Waals surface area contributed by atoms with Gasteiger partial charge in [0.05, 0.1) is 5.88 Å². The lowest BCUT2D eigenvalue weighted by Crippen LogP contribution is -2.18. The highest BCUT2D eigenvalue weighted by atomic mass is 79.9. The van der Waals surface area contributed by atoms with E-state index in [2.05, 4.69) is 15.9 Å². The number of benzene rings is 2. The Balaban J connectivity index is 2.22. The molecule has 0 aliphatic heterocycles. The van der Waals surface area contributed by atoms with Gasteiger partial charge in [-0.1, -0.05) is 34.1 Å². The predicted molar refractivity (Wildman–Crippen MR) is 82.2 cm³/mol. The molecule has 0 spiro atoms. The topological polar surface area (TPSA) is 3.24 Å². The Labute approximate surface area is 126 Å². The molecular formula is C15H14BrClFN. The van der Waals surface area contributed by atoms with Crippen molar-refractivity contribution in [3.8, 4) is 0 Å². The standard InChI is InChI=1S/C15H14BrClFN/c1-19(10-11-5-7-12(16)8-6-11)15-4-2-3-14(18)13(15)9-17/h2-8H,9-10H2,1H3. The van der Waals surface area contributed by atoms with Crippen molar-refractivity contribution < 1.29 is 4.39 Å². The normalized spacial score (nSPS) is 10.5. The summed E-state index contributed by atoms with van der Waals surface area (Å²) in [5.74, 6) is -0.0812. The minimum Gasteiger partial charge on any atom is -0.370 e. The lowest BCUT2D eigenvalue weighted by atomic mass is 10.1. The summed E-state index contributed by atoms with van der Waals surface area (Å²) in [7, 11) is 1.94. The molecule has 0 saturated heterocycles. The van der Waals surface area contributed by atoms with Crippen LogP contribution in [0.5, 0.6) is 0 Å². The molecule has 0 aliphatic rings. The second kappa shape index (κ2) is 6.40. The average Bonchev–Trinajstić information content (AvgIpc) is 2.41. The van der Waals surface area contributed by atoms with E-state index in [1.165, 1.54) is 6.07 Å². The molecule has 0 bridgehead atoms. The molecule has 100 valence electrons. The molecule has 4 heteroatoms. The van der Waals surface area contributed by atoms with Gasteiger partial charge in [-0.2, -0.15) is 0 Å². The van der Waals surface area contributed by atoms with E-state index in [9.17, 15) is 4.39 Å². The van der Waals surface area contributed by atoms with Gasteiger partial charge in [0.15, 0.2) is 0 Å². The zero-order valence-electron chi connectivity index (χ0n) is 10.5. The van der Waals surface area contributed by atoms with Crippen molar-refractivity contribution in [2.45, 2.75) is 12.4 Å². The summed E-state index contributed by atoms with van der Waals surface area (Å²) >= 11 is 9.24. The summed E-state index contributed by atoms with van der Waals surface area (Å²) in [6, 6.07) is 13.1. The fourth-order valence-electron chi connectivity index (χ4n) is 1.99. The van der Waals surface area contributed by atoms with Crippen molar-refractivity contribution in [2.24, 2.45) is 0 Å². The molecule has 2 rings (SSSR count). The molecule has 2 aromatic carbocycles. The summed E-state index contributed by atoms with van der Waals surface area (Å²) in [4.78, 5) is 2.00. The first-order valence-electron chi connectivity index (χ1n) is 5.90. The Hall–Kier alpha value is -1.06. The van der Waals surface area contributed by atoms with E-state index in [1.54, 1.807) is 6.07 Å². The first-order valence-corrected chi connectivity index (χ1v) is 7.23. The van der Waals surface area contributed by atoms with E-state index in [4.69, 9.17) is 11.6 Å². The maximum absolute atomic E-state index is 13.7. The summed E-state index contributed by atoms with van der Waals surface area (Å²) in [6.07, 6.45) is 0. The Kier molecular flexibility index (Phi) is 4.83. The number of alkyl halides is 1. The lowest BCUT2D eigenvalue weighted by molar-refractivity contribution is 0.616. The number of nitrogens with zero attached hydrogens (tertiary/aromatic N) is 1. The van der Waals surface area contributed by atoms with Crippen LogP contribution < -0.4 is 4.90 Å². The SMILES string of the molecule is CN(Cc1ccc(Br)cc1)c1cccc(F)c1CCl. The summed E-state index contributed by atoms with van der Waals surface area (Å²) in [6.45, 7) is 0.709. The number of halogens is 3. The molecule has 0 atom stereocenters. The molecule has 1 nitrogen and oxygen atoms in total. The van der Waals surface area contributed by atoms with Gasteiger partial charge in [-0.05, 0) is 29.8 Å². The summed E-state index contributed by atoms with van der Waals surface area (Å²) < 4.78 is 14.7. The smallest absolute Gasteiger partial charge is 0.129 e. The van der Waals surface area contributed by atoms with Gasteiger partial charge in [-0.3, -0.25) is 0 Å². The molecule has 0 N–H and O–H groups in total. The third-order valence-corrected chi connectivity index (χ3v) is 3.77. The van der Waals surface area contributed by atoms with Crippen LogP contribution in [0.3, 0.4) is 0 Å². The van der Waals surface area contributed by atoms with Crippen LogP contribution in [0, 0.1) is 5.82 Å². The maximum atomic E-state index is 13.7. The zero-order chi connectivity index (χ0) is 13.8. The van der Waals surface area contributed by atoms with Crippen molar-refractivity contribution in [1.82, 2.24) is 0 Å². The van der Waals surface area contributed by atoms with Crippen molar-refractivity contribution >= 4 is 33.2 Å². The van der Waals surface area contributed by atoms with Crippen LogP contribution in [0.4, 0.5) is 10.1 Å². The van der Waals surface area contributed by atoms with Gasteiger partial charge in [-0.15, -0.1) is 11.6 Å². The largest absolute Gasteiger partial charge is 0.370 e. The van der Waals surface area contributed by atoms with Gasteiger partial charge < -0.3 is 4.90 Å². The Bertz CT molecular complexity index is 557. The lowest BCUT2D eigenvalue weighted by Gasteiger charge is -2.22. The van der Waals surface area contributed by atoms with Crippen LogP contribution in [0.1, 0.15) is 11.1 Å². The minimum absolute atomic E-state index is 0.173. The van der Waals surface area contributed by atoms with E-state index >= 15 is 0 Å². The van der Waals surface area contributed by atoms with E-state index in [0.717, 1.165) is 15.7 Å². The number of hydrogen-bond donors (Lipinski definition) is 0. The fourth-order valence-corrected chi connectivity index (χ4v) is 2.51. The molecule has 0 aromatic heterocycles. The summed E-state index contributed by atoms with van der Waals surface area (Å²) in [5.41, 5.74) is 2.54. The highest BCUT2D eigenvalue weighted by molar-refractivity contribution is 9.10. The predicted octanol–water partition coefficient (Wildman–Crippen LogP) is 4.96. The third kappa shape index (κ3) is 3.48. The van der Waals surface area contributed by atoms with Crippen LogP contribution in [0.25, 0.3) is 0 Å². The number of rotatable bonds is 4. The van der Waals surface area contributed by atoms with Crippen LogP contribution in [0.2, 0.25) is 0 Å². The van der Waals surface area contributed by atoms with Gasteiger partial charge in [0.2, 0.25) is 0 Å². The van der Waals surface area contributed by atoms with Gasteiger partial charge in [0.25, 0.3) is 0 Å². The molecule has 0 aliphatic carbocycles. The molecule has 0 fully saturated rings. The van der Waals surface area contributed by atoms with Crippen LogP contribution >= 0.6 is 27.5 Å². The molecule has 0 heterocycles. The first-order chi connectivity index (χ1) is 9.11. The Morgan fingerprint density at radius 3 is 2.47 bits per heavy atom. The monoisotopic (exact) mass is 341 g/mol. The minimum atomic E-state index is -0.254. The van der Waals surface area contributed by atoms with Crippen LogP contribution in [-0.4, -0.2) is 7.05 Å². The van der Waals surface area contributed by atoms with E-state index in [0.29, 0.717) is 12.1 Å². The third-order valence-electron chi connectivity index (χ3n) is 2.97. The van der Waals surface area contributed by atoms with Crippen LogP contribution in [-0.2, 0) is 12.4 Å². The second-order valence-corrected chi connectivity index (χ2v) is 5.54. The van der Waals surface area contributed by atoms with E-state index in [-0.39, 0.29) is 11.7 Å². The fraction of sp³-hybridized carbons (Fsp3) is 0.200. The van der Waals surface area contributed by atoms with E-state index in [1.807, 2.05) is 42.3 Å². The maximum Gasteiger partial charge on any atom is 0.129 e. The first kappa shape index (κ1) is 14.4. The number of anilines is 1. The van der Waals surface area contributed by atoms with Gasteiger partial charge in [0, 0.05) is 29.3 Å². The molecular weight excluding hydrogens is 329 g/mol. The second-order valence-electron chi connectivity index (χ2n) is 4.35. The molecule has 0 amide bonds. The molecule has 19 heavy (non-hydrogen) atoms. The Morgan fingerprint density at radius 1 is 1.16 bits per heavy atom.